The lowest BCUT2D eigenvalue weighted by molar-refractivity contribution is 0.0436. The van der Waals surface area contributed by atoms with E-state index in [1.165, 1.54) is 31.3 Å². The second kappa shape index (κ2) is 9.37. The molecule has 0 heterocycles. The van der Waals surface area contributed by atoms with Crippen molar-refractivity contribution in [2.45, 2.75) is 97.4 Å². The van der Waals surface area contributed by atoms with E-state index in [4.69, 9.17) is 0 Å². The van der Waals surface area contributed by atoms with Crippen molar-refractivity contribution in [2.24, 2.45) is 29.1 Å². The molecule has 0 aromatic rings. The third-order valence-electron chi connectivity index (χ3n) is 8.75. The zero-order chi connectivity index (χ0) is 23.0. The van der Waals surface area contributed by atoms with Gasteiger partial charge in [-0.25, -0.2) is 0 Å². The van der Waals surface area contributed by atoms with Gasteiger partial charge in [0.2, 0.25) is 0 Å². The molecule has 7 atom stereocenters. The van der Waals surface area contributed by atoms with Crippen LogP contribution in [0.25, 0.3) is 0 Å². The third kappa shape index (κ3) is 5.26. The van der Waals surface area contributed by atoms with E-state index in [-0.39, 0.29) is 5.92 Å². The number of hydrogen-bond acceptors (Lipinski definition) is 3. The SMILES string of the molecule is C=C1/C(=C\C=C2CCC[C@]3(C)[C@@H]([C@H](C)/C=C/[C@H](C)C(C)(C)O)CC[C@@H]23)C[C@@H](O)C[C@@H]1O. The summed E-state index contributed by atoms with van der Waals surface area (Å²) >= 11 is 0. The second-order valence-electron chi connectivity index (χ2n) is 11.4. The molecule has 3 N–H and O–H groups in total. The van der Waals surface area contributed by atoms with Crippen molar-refractivity contribution < 1.29 is 15.3 Å². The van der Waals surface area contributed by atoms with Gasteiger partial charge in [0.1, 0.15) is 0 Å². The maximum Gasteiger partial charge on any atom is 0.0811 e. The first-order valence-corrected chi connectivity index (χ1v) is 12.3. The number of fused-ring (bicyclic) bond motifs is 1. The van der Waals surface area contributed by atoms with Crippen LogP contribution in [-0.2, 0) is 0 Å². The number of aliphatic hydroxyl groups excluding tert-OH is 2. The Balaban J connectivity index is 1.76. The van der Waals surface area contributed by atoms with Crippen LogP contribution < -0.4 is 0 Å². The highest BCUT2D eigenvalue weighted by Gasteiger charge is 2.50. The molecule has 0 amide bonds. The van der Waals surface area contributed by atoms with Gasteiger partial charge in [-0.3, -0.25) is 0 Å². The Kier molecular flexibility index (Phi) is 7.40. The molecule has 3 aliphatic rings. The Morgan fingerprint density at radius 2 is 1.84 bits per heavy atom. The van der Waals surface area contributed by atoms with Crippen molar-refractivity contribution in [1.29, 1.82) is 0 Å². The topological polar surface area (TPSA) is 60.7 Å². The first-order chi connectivity index (χ1) is 14.4. The highest BCUT2D eigenvalue weighted by atomic mass is 16.3. The summed E-state index contributed by atoms with van der Waals surface area (Å²) in [7, 11) is 0. The number of rotatable bonds is 5. The van der Waals surface area contributed by atoms with E-state index in [1.54, 1.807) is 0 Å². The summed E-state index contributed by atoms with van der Waals surface area (Å²) in [6.07, 6.45) is 15.0. The summed E-state index contributed by atoms with van der Waals surface area (Å²) in [5.74, 6) is 1.91. The molecule has 0 spiro atoms. The van der Waals surface area contributed by atoms with Gasteiger partial charge >= 0.3 is 0 Å². The molecule has 3 aliphatic carbocycles. The molecular formula is C28H44O3. The molecule has 174 valence electrons. The van der Waals surface area contributed by atoms with Gasteiger partial charge in [-0.05, 0) is 86.7 Å². The highest BCUT2D eigenvalue weighted by Crippen LogP contribution is 2.59. The van der Waals surface area contributed by atoms with E-state index in [1.807, 2.05) is 13.8 Å². The minimum Gasteiger partial charge on any atom is -0.393 e. The van der Waals surface area contributed by atoms with Gasteiger partial charge in [-0.2, -0.15) is 0 Å². The molecule has 0 aromatic carbocycles. The predicted octanol–water partition coefficient (Wildman–Crippen LogP) is 5.73. The Labute approximate surface area is 189 Å². The van der Waals surface area contributed by atoms with Crippen molar-refractivity contribution in [3.8, 4) is 0 Å². The van der Waals surface area contributed by atoms with Crippen LogP contribution in [0.5, 0.6) is 0 Å². The fourth-order valence-corrected chi connectivity index (χ4v) is 6.32. The van der Waals surface area contributed by atoms with Gasteiger partial charge in [0.15, 0.2) is 0 Å². The van der Waals surface area contributed by atoms with Crippen molar-refractivity contribution in [2.75, 3.05) is 0 Å². The number of hydrogen-bond donors (Lipinski definition) is 3. The van der Waals surface area contributed by atoms with E-state index in [0.29, 0.717) is 36.0 Å². The van der Waals surface area contributed by atoms with Crippen molar-refractivity contribution in [3.05, 3.63) is 47.6 Å². The second-order valence-corrected chi connectivity index (χ2v) is 11.4. The predicted molar refractivity (Wildman–Crippen MR) is 128 cm³/mol. The Bertz CT molecular complexity index is 753. The van der Waals surface area contributed by atoms with Gasteiger partial charge < -0.3 is 15.3 Å². The van der Waals surface area contributed by atoms with Gasteiger partial charge in [0.05, 0.1) is 17.8 Å². The monoisotopic (exact) mass is 428 g/mol. The van der Waals surface area contributed by atoms with E-state index >= 15 is 0 Å². The first kappa shape index (κ1) is 24.5. The van der Waals surface area contributed by atoms with E-state index in [0.717, 1.165) is 17.6 Å². The third-order valence-corrected chi connectivity index (χ3v) is 8.75. The molecule has 3 fully saturated rings. The molecule has 0 aliphatic heterocycles. The van der Waals surface area contributed by atoms with Crippen LogP contribution in [0.4, 0.5) is 0 Å². The lowest BCUT2D eigenvalue weighted by Crippen LogP contribution is -2.35. The molecule has 0 radical (unpaired) electrons. The zero-order valence-electron chi connectivity index (χ0n) is 20.3. The van der Waals surface area contributed by atoms with Crippen LogP contribution in [0.2, 0.25) is 0 Å². The maximum absolute atomic E-state index is 10.3. The Morgan fingerprint density at radius 1 is 1.13 bits per heavy atom. The molecule has 0 unspecified atom stereocenters. The van der Waals surface area contributed by atoms with Gasteiger partial charge in [0.25, 0.3) is 0 Å². The molecule has 0 bridgehead atoms. The van der Waals surface area contributed by atoms with Crippen LogP contribution >= 0.6 is 0 Å². The molecule has 31 heavy (non-hydrogen) atoms. The first-order valence-electron chi connectivity index (χ1n) is 12.3. The molecule has 3 rings (SSSR count). The molecular weight excluding hydrogens is 384 g/mol. The maximum atomic E-state index is 10.3. The van der Waals surface area contributed by atoms with Crippen LogP contribution in [0.3, 0.4) is 0 Å². The van der Waals surface area contributed by atoms with Gasteiger partial charge in [-0.15, -0.1) is 0 Å². The van der Waals surface area contributed by atoms with Gasteiger partial charge in [-0.1, -0.05) is 57.2 Å². The van der Waals surface area contributed by atoms with Crippen LogP contribution in [0.1, 0.15) is 79.6 Å². The summed E-state index contributed by atoms with van der Waals surface area (Å²) in [5.41, 5.74) is 2.93. The zero-order valence-corrected chi connectivity index (χ0v) is 20.3. The smallest absolute Gasteiger partial charge is 0.0811 e. The average molecular weight is 429 g/mol. The average Bonchev–Trinajstić information content (AvgIpc) is 3.04. The molecule has 3 saturated carbocycles. The van der Waals surface area contributed by atoms with Crippen molar-refractivity contribution in [1.82, 2.24) is 0 Å². The Hall–Kier alpha value is -1.16. The summed E-state index contributed by atoms with van der Waals surface area (Å²) in [6, 6.07) is 0. The quantitative estimate of drug-likeness (QED) is 0.490. The van der Waals surface area contributed by atoms with Gasteiger partial charge in [0, 0.05) is 12.3 Å². The van der Waals surface area contributed by atoms with Crippen molar-refractivity contribution in [3.63, 3.8) is 0 Å². The van der Waals surface area contributed by atoms with Crippen LogP contribution in [0.15, 0.2) is 47.6 Å². The fourth-order valence-electron chi connectivity index (χ4n) is 6.32. The summed E-state index contributed by atoms with van der Waals surface area (Å²) < 4.78 is 0. The van der Waals surface area contributed by atoms with Crippen molar-refractivity contribution >= 4 is 0 Å². The molecule has 3 heteroatoms. The normalized spacial score (nSPS) is 39.3. The number of aliphatic hydroxyl groups is 3. The Morgan fingerprint density at radius 3 is 2.52 bits per heavy atom. The minimum absolute atomic E-state index is 0.141. The minimum atomic E-state index is -0.684. The standard InChI is InChI=1S/C28H44O3/c1-18(9-10-19(2)27(4,5)31)24-13-14-25-21(8-7-15-28(24,25)6)11-12-22-16-23(29)17-26(30)20(22)3/h9-12,18-19,23-26,29-31H,3,7-8,13-17H2,1-2,4-6H3/b10-9+,21-11?,22-12-/t18-,19+,23-,24-,25+,26+,28-/m1/s1. The summed E-state index contributed by atoms with van der Waals surface area (Å²) in [4.78, 5) is 0. The number of allylic oxidation sites excluding steroid dienone is 4. The lowest BCUT2D eigenvalue weighted by atomic mass is 9.61. The largest absolute Gasteiger partial charge is 0.393 e. The van der Waals surface area contributed by atoms with E-state index in [9.17, 15) is 15.3 Å². The summed E-state index contributed by atoms with van der Waals surface area (Å²) in [6.45, 7) is 14.7. The van der Waals surface area contributed by atoms with E-state index < -0.39 is 17.8 Å². The molecule has 0 saturated heterocycles. The molecule has 3 nitrogen and oxygen atoms in total. The fraction of sp³-hybridized carbons (Fsp3) is 0.714. The highest BCUT2D eigenvalue weighted by molar-refractivity contribution is 5.38. The van der Waals surface area contributed by atoms with E-state index in [2.05, 4.69) is 51.7 Å². The molecule has 0 aromatic heterocycles. The van der Waals surface area contributed by atoms with Crippen LogP contribution in [-0.4, -0.2) is 33.1 Å². The summed E-state index contributed by atoms with van der Waals surface area (Å²) in [5, 5.41) is 30.4. The lowest BCUT2D eigenvalue weighted by Gasteiger charge is -2.44. The van der Waals surface area contributed by atoms with Crippen LogP contribution in [0, 0.1) is 29.1 Å².